The third kappa shape index (κ3) is 5.00. The molecule has 0 saturated carbocycles. The second-order valence-corrected chi connectivity index (χ2v) is 8.78. The molecular weight excluding hydrogens is 455 g/mol. The van der Waals surface area contributed by atoms with Crippen LogP contribution in [0.3, 0.4) is 0 Å². The number of hydrogen-bond acceptors (Lipinski definition) is 7. The molecule has 0 N–H and O–H groups in total. The molecule has 7 nitrogen and oxygen atoms in total. The molecule has 0 spiro atoms. The van der Waals surface area contributed by atoms with E-state index in [-0.39, 0.29) is 34.1 Å². The smallest absolute Gasteiger partial charge is 0.335 e. The lowest BCUT2D eigenvalue weighted by Gasteiger charge is -2.21. The summed E-state index contributed by atoms with van der Waals surface area (Å²) in [5.41, 5.74) is -0.899. The minimum Gasteiger partial charge on any atom is -0.496 e. The maximum Gasteiger partial charge on any atom is 0.335 e. The highest BCUT2D eigenvalue weighted by Crippen LogP contribution is 2.49. The highest BCUT2D eigenvalue weighted by Gasteiger charge is 2.37. The summed E-state index contributed by atoms with van der Waals surface area (Å²) in [7, 11) is 2.08. The van der Waals surface area contributed by atoms with E-state index in [0.29, 0.717) is 5.30 Å². The summed E-state index contributed by atoms with van der Waals surface area (Å²) in [4.78, 5) is 40.0. The summed E-state index contributed by atoms with van der Waals surface area (Å²) >= 11 is 0. The van der Waals surface area contributed by atoms with Gasteiger partial charge in [0.25, 0.3) is 0 Å². The highest BCUT2D eigenvalue weighted by atomic mass is 31.1. The Morgan fingerprint density at radius 1 is 0.676 bits per heavy atom. The zero-order valence-electron chi connectivity index (χ0n) is 18.9. The fourth-order valence-corrected chi connectivity index (χ4v) is 5.33. The van der Waals surface area contributed by atoms with Gasteiger partial charge in [-0.3, -0.25) is 9.59 Å². The van der Waals surface area contributed by atoms with Crippen LogP contribution in [0.4, 0.5) is 0 Å². The monoisotopic (exact) mass is 478 g/mol. The van der Waals surface area contributed by atoms with Crippen molar-refractivity contribution in [3.63, 3.8) is 0 Å². The number of carbonyl (C=O) groups excluding carboxylic acids is 3. The highest BCUT2D eigenvalue weighted by molar-refractivity contribution is 7.96. The fourth-order valence-electron chi connectivity index (χ4n) is 3.32. The van der Waals surface area contributed by atoms with Crippen LogP contribution in [0.15, 0.2) is 79.4 Å². The van der Waals surface area contributed by atoms with Gasteiger partial charge in [0, 0.05) is 6.08 Å². The molecule has 34 heavy (non-hydrogen) atoms. The lowest BCUT2D eigenvalue weighted by molar-refractivity contribution is -0.128. The minimum atomic E-state index is -2.18. The van der Waals surface area contributed by atoms with Gasteiger partial charge in [-0.25, -0.2) is 4.79 Å². The van der Waals surface area contributed by atoms with Gasteiger partial charge in [-0.2, -0.15) is 0 Å². The summed E-state index contributed by atoms with van der Waals surface area (Å²) in [5, 5.41) is 0.507. The van der Waals surface area contributed by atoms with E-state index in [9.17, 15) is 14.4 Å². The second-order valence-electron chi connectivity index (χ2n) is 6.78. The van der Waals surface area contributed by atoms with Gasteiger partial charge in [0.15, 0.2) is 0 Å². The first kappa shape index (κ1) is 24.7. The molecule has 0 amide bonds. The first-order valence-electron chi connectivity index (χ1n) is 10.1. The Morgan fingerprint density at radius 2 is 1.12 bits per heavy atom. The van der Waals surface area contributed by atoms with Crippen LogP contribution in [0.25, 0.3) is 0 Å². The van der Waals surface area contributed by atoms with Crippen molar-refractivity contribution in [3.05, 3.63) is 90.5 Å². The van der Waals surface area contributed by atoms with E-state index >= 15 is 0 Å². The van der Waals surface area contributed by atoms with E-state index < -0.39 is 24.9 Å². The predicted octanol–water partition coefficient (Wildman–Crippen LogP) is 4.59. The normalized spacial score (nSPS) is 11.1. The van der Waals surface area contributed by atoms with Gasteiger partial charge in [-0.1, -0.05) is 49.0 Å². The molecule has 8 heteroatoms. The topological polar surface area (TPSA) is 88.1 Å². The van der Waals surface area contributed by atoms with E-state index in [1.807, 2.05) is 0 Å². The zero-order chi connectivity index (χ0) is 24.7. The number of methoxy groups -OCH3 is 3. The standard InChI is InChI=1S/C26H23O7P/c1-5-22(27)33-21-16-10-15-20(32-4)24(21)26(29)34(17-11-7-6-8-12-17)25(28)23-18(30-2)13-9-14-19(23)31-3/h5-16H,1H2,2-4H3. The summed E-state index contributed by atoms with van der Waals surface area (Å²) < 4.78 is 21.5. The lowest BCUT2D eigenvalue weighted by Crippen LogP contribution is -2.19. The Bertz CT molecular complexity index is 1200. The first-order chi connectivity index (χ1) is 16.5. The number of hydrogen-bond donors (Lipinski definition) is 0. The van der Waals surface area contributed by atoms with Crippen LogP contribution in [-0.4, -0.2) is 38.3 Å². The Morgan fingerprint density at radius 3 is 1.56 bits per heavy atom. The molecule has 1 atom stereocenters. The molecule has 0 bridgehead atoms. The molecule has 3 aromatic carbocycles. The van der Waals surface area contributed by atoms with Crippen LogP contribution in [0.2, 0.25) is 0 Å². The van der Waals surface area contributed by atoms with Crippen molar-refractivity contribution in [2.45, 2.75) is 0 Å². The number of benzene rings is 3. The Hall–Kier alpha value is -3.96. The van der Waals surface area contributed by atoms with Gasteiger partial charge in [0.1, 0.15) is 34.1 Å². The van der Waals surface area contributed by atoms with E-state index in [1.165, 1.54) is 27.4 Å². The molecule has 3 aromatic rings. The van der Waals surface area contributed by atoms with E-state index in [0.717, 1.165) is 6.08 Å². The van der Waals surface area contributed by atoms with Crippen molar-refractivity contribution >= 4 is 30.2 Å². The predicted molar refractivity (Wildman–Crippen MR) is 130 cm³/mol. The molecule has 0 heterocycles. The van der Waals surface area contributed by atoms with Gasteiger partial charge in [0.05, 0.1) is 29.3 Å². The molecule has 3 rings (SSSR count). The fraction of sp³-hybridized carbons (Fsp3) is 0.115. The van der Waals surface area contributed by atoms with Crippen molar-refractivity contribution in [1.82, 2.24) is 0 Å². The largest absolute Gasteiger partial charge is 0.496 e. The van der Waals surface area contributed by atoms with E-state index in [2.05, 4.69) is 6.58 Å². The third-order valence-electron chi connectivity index (χ3n) is 4.86. The van der Waals surface area contributed by atoms with Gasteiger partial charge < -0.3 is 18.9 Å². The Balaban J connectivity index is 2.24. The molecule has 174 valence electrons. The van der Waals surface area contributed by atoms with Gasteiger partial charge in [-0.05, 0) is 29.6 Å². The maximum atomic E-state index is 14.1. The third-order valence-corrected chi connectivity index (χ3v) is 6.94. The molecule has 0 fully saturated rings. The molecule has 0 saturated heterocycles. The van der Waals surface area contributed by atoms with Crippen LogP contribution >= 0.6 is 7.92 Å². The van der Waals surface area contributed by atoms with E-state index in [4.69, 9.17) is 18.9 Å². The average molecular weight is 478 g/mol. The molecule has 0 radical (unpaired) electrons. The van der Waals surface area contributed by atoms with Crippen molar-refractivity contribution in [1.29, 1.82) is 0 Å². The second kappa shape index (κ2) is 11.3. The summed E-state index contributed by atoms with van der Waals surface area (Å²) in [6.45, 7) is 3.39. The molecule has 0 aliphatic rings. The average Bonchev–Trinajstić information content (AvgIpc) is 2.88. The molecule has 1 unspecified atom stereocenters. The minimum absolute atomic E-state index is 0.0163. The van der Waals surface area contributed by atoms with Crippen molar-refractivity contribution in [3.8, 4) is 23.0 Å². The summed E-state index contributed by atoms with van der Waals surface area (Å²) in [5.74, 6) is -0.0537. The number of esters is 1. The van der Waals surface area contributed by atoms with Crippen LogP contribution in [0.5, 0.6) is 23.0 Å². The number of ether oxygens (including phenoxy) is 4. The SMILES string of the molecule is C=CC(=O)Oc1cccc(OC)c1C(=O)P(C(=O)c1c(OC)cccc1OC)c1ccccc1. The van der Waals surface area contributed by atoms with Crippen LogP contribution in [0.1, 0.15) is 20.7 Å². The van der Waals surface area contributed by atoms with Crippen molar-refractivity contribution in [2.75, 3.05) is 21.3 Å². The zero-order valence-corrected chi connectivity index (χ0v) is 19.8. The molecule has 0 aromatic heterocycles. The maximum absolute atomic E-state index is 14.1. The van der Waals surface area contributed by atoms with Crippen LogP contribution < -0.4 is 24.3 Å². The Labute approximate surface area is 198 Å². The van der Waals surface area contributed by atoms with Crippen molar-refractivity contribution < 1.29 is 33.3 Å². The number of rotatable bonds is 10. The summed E-state index contributed by atoms with van der Waals surface area (Å²) in [6, 6.07) is 18.2. The van der Waals surface area contributed by atoms with Crippen LogP contribution in [0, 0.1) is 0 Å². The number of carbonyl (C=O) groups is 3. The van der Waals surface area contributed by atoms with Crippen LogP contribution in [-0.2, 0) is 4.79 Å². The first-order valence-corrected chi connectivity index (χ1v) is 11.5. The quantitative estimate of drug-likeness (QED) is 0.182. The Kier molecular flexibility index (Phi) is 8.17. The summed E-state index contributed by atoms with van der Waals surface area (Å²) in [6.07, 6.45) is 0.985. The molecule has 0 aliphatic carbocycles. The van der Waals surface area contributed by atoms with Gasteiger partial charge in [0.2, 0.25) is 11.0 Å². The van der Waals surface area contributed by atoms with Gasteiger partial charge >= 0.3 is 5.97 Å². The molecular formula is C26H23O7P. The lowest BCUT2D eigenvalue weighted by atomic mass is 10.2. The van der Waals surface area contributed by atoms with E-state index in [1.54, 1.807) is 60.7 Å². The molecule has 0 aliphatic heterocycles. The van der Waals surface area contributed by atoms with Gasteiger partial charge in [-0.15, -0.1) is 0 Å². The van der Waals surface area contributed by atoms with Crippen molar-refractivity contribution in [2.24, 2.45) is 0 Å².